The van der Waals surface area contributed by atoms with Crippen LogP contribution in [0.15, 0.2) is 24.3 Å². The Balaban J connectivity index is 5.28. The van der Waals surface area contributed by atoms with E-state index in [1.807, 2.05) is 0 Å². The monoisotopic (exact) mass is 1290 g/mol. The fourth-order valence-electron chi connectivity index (χ4n) is 9.93. The van der Waals surface area contributed by atoms with E-state index >= 15 is 0 Å². The van der Waals surface area contributed by atoms with Gasteiger partial charge < -0.3 is 33.8 Å². The summed E-state index contributed by atoms with van der Waals surface area (Å²) in [6, 6.07) is 0. The molecule has 0 aromatic heterocycles. The van der Waals surface area contributed by atoms with Crippen molar-refractivity contribution in [1.82, 2.24) is 0 Å². The lowest BCUT2D eigenvalue weighted by Gasteiger charge is -2.21. The Labute approximate surface area is 535 Å². The van der Waals surface area contributed by atoms with E-state index in [0.29, 0.717) is 25.7 Å². The molecule has 0 aliphatic rings. The van der Waals surface area contributed by atoms with Crippen LogP contribution in [0.1, 0.15) is 330 Å². The highest BCUT2D eigenvalue weighted by atomic mass is 31.2. The SMILES string of the molecule is CCCCCC/C=C\C=C/CCCCCCCC(=O)O[C@H](COC(=O)CCCCCCCCCCCCCCC)COP(=O)(O)OC[C@@H](O)COP(=O)(O)OC[C@@H](COC(=O)CCCCCCCCCCC)OC(=O)CCCCCCCCCCC(C)C. The molecule has 0 saturated carbocycles. The minimum Gasteiger partial charge on any atom is -0.462 e. The number of carbonyl (C=O) groups excluding carboxylic acids is 4. The number of esters is 4. The molecule has 0 radical (unpaired) electrons. The largest absolute Gasteiger partial charge is 0.472 e. The second kappa shape index (κ2) is 62.0. The molecule has 0 fully saturated rings. The highest BCUT2D eigenvalue weighted by molar-refractivity contribution is 7.47. The molecular formula is C69H130O17P2. The first-order valence-corrected chi connectivity index (χ1v) is 38.4. The zero-order chi connectivity index (χ0) is 64.9. The van der Waals surface area contributed by atoms with E-state index in [1.165, 1.54) is 141 Å². The number of unbranched alkanes of at least 4 members (excludes halogenated alkanes) is 36. The Hall–Kier alpha value is -2.46. The summed E-state index contributed by atoms with van der Waals surface area (Å²) in [5.74, 6) is -1.44. The minimum atomic E-state index is -4.96. The number of carbonyl (C=O) groups is 4. The molecule has 0 spiro atoms. The van der Waals surface area contributed by atoms with Gasteiger partial charge in [0.1, 0.15) is 19.3 Å². The smallest absolute Gasteiger partial charge is 0.462 e. The molecule has 88 heavy (non-hydrogen) atoms. The molecule has 0 aromatic rings. The van der Waals surface area contributed by atoms with Crippen molar-refractivity contribution in [2.45, 2.75) is 348 Å². The lowest BCUT2D eigenvalue weighted by atomic mass is 10.0. The van der Waals surface area contributed by atoms with Crippen molar-refractivity contribution in [3.63, 3.8) is 0 Å². The fourth-order valence-corrected chi connectivity index (χ4v) is 11.5. The molecule has 3 N–H and O–H groups in total. The number of rotatable bonds is 67. The van der Waals surface area contributed by atoms with Crippen LogP contribution in [0.2, 0.25) is 0 Å². The molecule has 17 nitrogen and oxygen atoms in total. The van der Waals surface area contributed by atoms with Crippen LogP contribution >= 0.6 is 15.6 Å². The summed E-state index contributed by atoms with van der Waals surface area (Å²) in [6.07, 6.45) is 50.7. The molecule has 0 aliphatic carbocycles. The van der Waals surface area contributed by atoms with E-state index < -0.39 is 97.5 Å². The number of aliphatic hydroxyl groups is 1. The molecule has 5 atom stereocenters. The first-order chi connectivity index (χ1) is 42.5. The summed E-state index contributed by atoms with van der Waals surface area (Å²) < 4.78 is 68.1. The Morgan fingerprint density at radius 2 is 0.614 bits per heavy atom. The van der Waals surface area contributed by atoms with Gasteiger partial charge in [-0.25, -0.2) is 9.13 Å². The summed E-state index contributed by atoms with van der Waals surface area (Å²) >= 11 is 0. The van der Waals surface area contributed by atoms with Crippen LogP contribution in [0.25, 0.3) is 0 Å². The zero-order valence-corrected chi connectivity index (χ0v) is 58.1. The number of hydrogen-bond acceptors (Lipinski definition) is 15. The summed E-state index contributed by atoms with van der Waals surface area (Å²) in [5, 5.41) is 10.6. The van der Waals surface area contributed by atoms with E-state index in [-0.39, 0.29) is 25.7 Å². The number of ether oxygens (including phenoxy) is 4. The second-order valence-corrected chi connectivity index (χ2v) is 27.6. The Morgan fingerprint density at radius 3 is 0.932 bits per heavy atom. The van der Waals surface area contributed by atoms with Crippen molar-refractivity contribution < 1.29 is 80.2 Å². The molecule has 2 unspecified atom stereocenters. The lowest BCUT2D eigenvalue weighted by Crippen LogP contribution is -2.30. The average Bonchev–Trinajstić information content (AvgIpc) is 3.60. The third-order valence-electron chi connectivity index (χ3n) is 15.4. The van der Waals surface area contributed by atoms with Crippen molar-refractivity contribution in [3.05, 3.63) is 24.3 Å². The molecule has 0 saturated heterocycles. The maximum atomic E-state index is 13.0. The fraction of sp³-hybridized carbons (Fsp3) is 0.884. The lowest BCUT2D eigenvalue weighted by molar-refractivity contribution is -0.161. The van der Waals surface area contributed by atoms with E-state index in [4.69, 9.17) is 37.0 Å². The molecule has 19 heteroatoms. The summed E-state index contributed by atoms with van der Waals surface area (Å²) in [5.41, 5.74) is 0. The van der Waals surface area contributed by atoms with Gasteiger partial charge in [-0.1, -0.05) is 277 Å². The molecule has 0 aromatic carbocycles. The molecule has 0 aliphatic heterocycles. The van der Waals surface area contributed by atoms with Crippen molar-refractivity contribution in [1.29, 1.82) is 0 Å². The van der Waals surface area contributed by atoms with Gasteiger partial charge in [0, 0.05) is 25.7 Å². The standard InChI is InChI=1S/C69H130O17P2/c1-6-9-12-15-18-21-23-25-26-28-30-33-39-44-49-54-68(73)85-64(59-80-67(72)53-48-43-38-32-29-27-24-22-19-16-13-10-7-2)60-83-87(75,76)81-56-63(70)57-82-88(77,78)84-61-65(58-79-66(71)52-47-42-37-31-20-17-14-11-8-3)86-69(74)55-50-45-40-35-34-36-41-46-51-62(4)5/h21,23,25-26,62-65,70H,6-20,22,24,27-61H2,1-5H3,(H,75,76)(H,77,78)/b23-21-,26-25-/t63-,64-,65-/m1/s1. The summed E-state index contributed by atoms with van der Waals surface area (Å²) in [6.45, 7) is 7.11. The Bertz CT molecular complexity index is 1800. The first-order valence-electron chi connectivity index (χ1n) is 35.5. The van der Waals surface area contributed by atoms with Crippen LogP contribution in [0.5, 0.6) is 0 Å². The van der Waals surface area contributed by atoms with Gasteiger partial charge in [0.25, 0.3) is 0 Å². The zero-order valence-electron chi connectivity index (χ0n) is 56.3. The second-order valence-electron chi connectivity index (χ2n) is 24.7. The third-order valence-corrected chi connectivity index (χ3v) is 17.3. The molecule has 0 bridgehead atoms. The minimum absolute atomic E-state index is 0.0854. The van der Waals surface area contributed by atoms with Crippen LogP contribution in [-0.4, -0.2) is 96.7 Å². The third kappa shape index (κ3) is 62.4. The molecule has 0 amide bonds. The molecular weight excluding hydrogens is 1160 g/mol. The highest BCUT2D eigenvalue weighted by Gasteiger charge is 2.30. The Morgan fingerprint density at radius 1 is 0.352 bits per heavy atom. The quantitative estimate of drug-likeness (QED) is 0.0169. The molecule has 0 rings (SSSR count). The van der Waals surface area contributed by atoms with E-state index in [2.05, 4.69) is 58.9 Å². The van der Waals surface area contributed by atoms with Gasteiger partial charge in [0.2, 0.25) is 0 Å². The normalized spacial score (nSPS) is 14.3. The molecule has 518 valence electrons. The van der Waals surface area contributed by atoms with Gasteiger partial charge in [-0.3, -0.25) is 37.3 Å². The van der Waals surface area contributed by atoms with Gasteiger partial charge in [0.05, 0.1) is 26.4 Å². The number of allylic oxidation sites excluding steroid dienone is 4. The maximum Gasteiger partial charge on any atom is 0.472 e. The summed E-state index contributed by atoms with van der Waals surface area (Å²) in [4.78, 5) is 72.4. The number of phosphoric acid groups is 2. The van der Waals surface area contributed by atoms with Crippen LogP contribution in [0, 0.1) is 5.92 Å². The average molecular weight is 1290 g/mol. The number of hydrogen-bond donors (Lipinski definition) is 3. The predicted octanol–water partition coefficient (Wildman–Crippen LogP) is 19.3. The Kier molecular flexibility index (Phi) is 60.3. The predicted molar refractivity (Wildman–Crippen MR) is 354 cm³/mol. The van der Waals surface area contributed by atoms with Crippen LogP contribution in [0.3, 0.4) is 0 Å². The van der Waals surface area contributed by atoms with Gasteiger partial charge in [0.15, 0.2) is 12.2 Å². The van der Waals surface area contributed by atoms with Gasteiger partial charge in [-0.15, -0.1) is 0 Å². The van der Waals surface area contributed by atoms with Gasteiger partial charge >= 0.3 is 39.5 Å². The number of phosphoric ester groups is 2. The number of aliphatic hydroxyl groups excluding tert-OH is 1. The first kappa shape index (κ1) is 85.5. The van der Waals surface area contributed by atoms with E-state index in [0.717, 1.165) is 109 Å². The topological polar surface area (TPSA) is 237 Å². The highest BCUT2D eigenvalue weighted by Crippen LogP contribution is 2.45. The van der Waals surface area contributed by atoms with Crippen LogP contribution in [-0.2, 0) is 65.4 Å². The van der Waals surface area contributed by atoms with Crippen molar-refractivity contribution >= 4 is 39.5 Å². The van der Waals surface area contributed by atoms with E-state index in [9.17, 15) is 43.2 Å². The van der Waals surface area contributed by atoms with Gasteiger partial charge in [-0.05, 0) is 57.3 Å². The van der Waals surface area contributed by atoms with Gasteiger partial charge in [-0.2, -0.15) is 0 Å². The van der Waals surface area contributed by atoms with E-state index in [1.54, 1.807) is 0 Å². The molecule has 0 heterocycles. The summed E-state index contributed by atoms with van der Waals surface area (Å²) in [7, 11) is -9.91. The van der Waals surface area contributed by atoms with Crippen molar-refractivity contribution in [2.24, 2.45) is 5.92 Å². The van der Waals surface area contributed by atoms with Crippen LogP contribution in [0.4, 0.5) is 0 Å². The van der Waals surface area contributed by atoms with Crippen LogP contribution < -0.4 is 0 Å². The van der Waals surface area contributed by atoms with Crippen molar-refractivity contribution in [3.8, 4) is 0 Å². The van der Waals surface area contributed by atoms with Crippen molar-refractivity contribution in [2.75, 3.05) is 39.6 Å². The maximum absolute atomic E-state index is 13.0.